The summed E-state index contributed by atoms with van der Waals surface area (Å²) in [6.45, 7) is 2.81. The maximum atomic E-state index is 5.33. The first-order valence-corrected chi connectivity index (χ1v) is 7.32. The van der Waals surface area contributed by atoms with Gasteiger partial charge in [-0.25, -0.2) is 0 Å². The van der Waals surface area contributed by atoms with Crippen molar-refractivity contribution in [3.8, 4) is 5.75 Å². The van der Waals surface area contributed by atoms with Gasteiger partial charge in [0.05, 0.1) is 13.2 Å². The molecular weight excluding hydrogens is 280 g/mol. The van der Waals surface area contributed by atoms with Crippen LogP contribution in [0.3, 0.4) is 0 Å². The van der Waals surface area contributed by atoms with E-state index in [1.807, 2.05) is 42.5 Å². The number of nitrogens with one attached hydrogen (secondary N) is 2. The lowest BCUT2D eigenvalue weighted by Gasteiger charge is -2.17. The van der Waals surface area contributed by atoms with Gasteiger partial charge in [-0.1, -0.05) is 42.5 Å². The van der Waals surface area contributed by atoms with Gasteiger partial charge in [0.25, 0.3) is 0 Å². The molecule has 0 aliphatic rings. The van der Waals surface area contributed by atoms with E-state index in [-0.39, 0.29) is 6.04 Å². The average Bonchev–Trinajstić information content (AvgIpc) is 2.54. The zero-order valence-corrected chi connectivity index (χ0v) is 13.1. The Morgan fingerprint density at radius 3 is 2.38 bits per heavy atom. The van der Waals surface area contributed by atoms with Crippen LogP contribution in [0.4, 0.5) is 0 Å². The van der Waals surface area contributed by atoms with Crippen LogP contribution in [-0.2, 0) is 6.54 Å². The summed E-state index contributed by atoms with van der Waals surface area (Å²) < 4.78 is 5.16. The van der Waals surface area contributed by atoms with E-state index in [0.717, 1.165) is 12.3 Å². The molecule has 1 atom stereocenters. The highest BCUT2D eigenvalue weighted by atomic mass is 32.1. The molecule has 0 spiro atoms. The molecule has 0 bridgehead atoms. The molecule has 0 aliphatic heterocycles. The lowest BCUT2D eigenvalue weighted by atomic mass is 10.1. The fraction of sp³-hybridized carbons (Fsp3) is 0.235. The zero-order valence-electron chi connectivity index (χ0n) is 12.3. The van der Waals surface area contributed by atoms with Crippen molar-refractivity contribution in [1.29, 1.82) is 0 Å². The second-order valence-electron chi connectivity index (χ2n) is 4.81. The number of thiocarbonyl (C=S) groups is 1. The number of methoxy groups -OCH3 is 1. The SMILES string of the molecule is COc1ccc(C(C)NC(=S)NCc2ccccc2)cc1. The second kappa shape index (κ2) is 7.64. The molecule has 0 saturated heterocycles. The lowest BCUT2D eigenvalue weighted by molar-refractivity contribution is 0.414. The Balaban J connectivity index is 1.83. The molecule has 110 valence electrons. The van der Waals surface area contributed by atoms with Crippen molar-refractivity contribution >= 4 is 17.3 Å². The van der Waals surface area contributed by atoms with E-state index in [1.54, 1.807) is 7.11 Å². The van der Waals surface area contributed by atoms with Crippen LogP contribution < -0.4 is 15.4 Å². The summed E-state index contributed by atoms with van der Waals surface area (Å²) in [5.41, 5.74) is 2.37. The fourth-order valence-corrected chi connectivity index (χ4v) is 2.25. The first-order chi connectivity index (χ1) is 10.2. The fourth-order valence-electron chi connectivity index (χ4n) is 2.00. The molecule has 0 saturated carbocycles. The van der Waals surface area contributed by atoms with Gasteiger partial charge >= 0.3 is 0 Å². The number of rotatable bonds is 5. The Hall–Kier alpha value is -2.07. The molecule has 0 fully saturated rings. The van der Waals surface area contributed by atoms with Gasteiger partial charge in [0.1, 0.15) is 5.75 Å². The molecular formula is C17H20N2OS. The number of benzene rings is 2. The van der Waals surface area contributed by atoms with Gasteiger partial charge in [-0.2, -0.15) is 0 Å². The maximum absolute atomic E-state index is 5.33. The van der Waals surface area contributed by atoms with Crippen LogP contribution in [0.15, 0.2) is 54.6 Å². The predicted molar refractivity (Wildman–Crippen MR) is 90.4 cm³/mol. The summed E-state index contributed by atoms with van der Waals surface area (Å²) in [6.07, 6.45) is 0. The Morgan fingerprint density at radius 1 is 1.10 bits per heavy atom. The summed E-state index contributed by atoms with van der Waals surface area (Å²) in [5.74, 6) is 0.857. The average molecular weight is 300 g/mol. The summed E-state index contributed by atoms with van der Waals surface area (Å²) in [7, 11) is 1.67. The minimum atomic E-state index is 0.145. The smallest absolute Gasteiger partial charge is 0.167 e. The molecule has 2 aromatic carbocycles. The third kappa shape index (κ3) is 4.76. The van der Waals surface area contributed by atoms with Crippen LogP contribution in [0, 0.1) is 0 Å². The van der Waals surface area contributed by atoms with Crippen molar-refractivity contribution in [3.05, 3.63) is 65.7 Å². The van der Waals surface area contributed by atoms with Crippen molar-refractivity contribution < 1.29 is 4.74 Å². The van der Waals surface area contributed by atoms with Crippen LogP contribution in [-0.4, -0.2) is 12.2 Å². The van der Waals surface area contributed by atoms with E-state index in [4.69, 9.17) is 17.0 Å². The van der Waals surface area contributed by atoms with Crippen molar-refractivity contribution in [2.75, 3.05) is 7.11 Å². The summed E-state index contributed by atoms with van der Waals surface area (Å²) >= 11 is 5.33. The summed E-state index contributed by atoms with van der Waals surface area (Å²) in [5, 5.41) is 7.16. The Kier molecular flexibility index (Phi) is 5.58. The van der Waals surface area contributed by atoms with E-state index in [1.165, 1.54) is 11.1 Å². The Morgan fingerprint density at radius 2 is 1.76 bits per heavy atom. The van der Waals surface area contributed by atoms with Crippen molar-refractivity contribution in [1.82, 2.24) is 10.6 Å². The minimum Gasteiger partial charge on any atom is -0.497 e. The van der Waals surface area contributed by atoms with Gasteiger partial charge in [-0.15, -0.1) is 0 Å². The lowest BCUT2D eigenvalue weighted by Crippen LogP contribution is -2.36. The molecule has 0 heterocycles. The van der Waals surface area contributed by atoms with Crippen LogP contribution >= 0.6 is 12.2 Å². The molecule has 21 heavy (non-hydrogen) atoms. The third-order valence-electron chi connectivity index (χ3n) is 3.26. The van der Waals surface area contributed by atoms with Crippen molar-refractivity contribution in [2.45, 2.75) is 19.5 Å². The predicted octanol–water partition coefficient (Wildman–Crippen LogP) is 3.42. The molecule has 2 rings (SSSR count). The first kappa shape index (κ1) is 15.3. The van der Waals surface area contributed by atoms with Gasteiger partial charge in [0.15, 0.2) is 5.11 Å². The third-order valence-corrected chi connectivity index (χ3v) is 3.52. The Bertz CT molecular complexity index is 569. The monoisotopic (exact) mass is 300 g/mol. The highest BCUT2D eigenvalue weighted by molar-refractivity contribution is 7.80. The van der Waals surface area contributed by atoms with E-state index in [9.17, 15) is 0 Å². The van der Waals surface area contributed by atoms with Crippen LogP contribution in [0.2, 0.25) is 0 Å². The molecule has 1 unspecified atom stereocenters. The standard InChI is InChI=1S/C17H20N2OS/c1-13(15-8-10-16(20-2)11-9-15)19-17(21)18-12-14-6-4-3-5-7-14/h3-11,13H,12H2,1-2H3,(H2,18,19,21). The quantitative estimate of drug-likeness (QED) is 0.829. The molecule has 0 aromatic heterocycles. The van der Waals surface area contributed by atoms with E-state index in [0.29, 0.717) is 5.11 Å². The molecule has 0 radical (unpaired) electrons. The second-order valence-corrected chi connectivity index (χ2v) is 5.22. The van der Waals surface area contributed by atoms with E-state index < -0.39 is 0 Å². The topological polar surface area (TPSA) is 33.3 Å². The van der Waals surface area contributed by atoms with Gasteiger partial charge < -0.3 is 15.4 Å². The van der Waals surface area contributed by atoms with Gasteiger partial charge in [0.2, 0.25) is 0 Å². The van der Waals surface area contributed by atoms with Gasteiger partial charge in [-0.3, -0.25) is 0 Å². The zero-order chi connectivity index (χ0) is 15.1. The molecule has 0 aliphatic carbocycles. The van der Waals surface area contributed by atoms with Crippen molar-refractivity contribution in [3.63, 3.8) is 0 Å². The van der Waals surface area contributed by atoms with Crippen LogP contribution in [0.25, 0.3) is 0 Å². The van der Waals surface area contributed by atoms with Gasteiger partial charge in [-0.05, 0) is 42.4 Å². The van der Waals surface area contributed by atoms with E-state index in [2.05, 4.69) is 29.7 Å². The minimum absolute atomic E-state index is 0.145. The molecule has 2 aromatic rings. The van der Waals surface area contributed by atoms with Gasteiger partial charge in [0, 0.05) is 6.54 Å². The van der Waals surface area contributed by atoms with Crippen molar-refractivity contribution in [2.24, 2.45) is 0 Å². The Labute approximate surface area is 131 Å². The van der Waals surface area contributed by atoms with E-state index >= 15 is 0 Å². The summed E-state index contributed by atoms with van der Waals surface area (Å²) in [4.78, 5) is 0. The molecule has 2 N–H and O–H groups in total. The van der Waals surface area contributed by atoms with Crippen LogP contribution in [0.5, 0.6) is 5.75 Å². The summed E-state index contributed by atoms with van der Waals surface area (Å²) in [6, 6.07) is 18.3. The first-order valence-electron chi connectivity index (χ1n) is 6.91. The number of ether oxygens (including phenoxy) is 1. The van der Waals surface area contributed by atoms with Crippen LogP contribution in [0.1, 0.15) is 24.1 Å². The largest absolute Gasteiger partial charge is 0.497 e. The molecule has 0 amide bonds. The molecule has 3 nitrogen and oxygen atoms in total. The normalized spacial score (nSPS) is 11.5. The maximum Gasteiger partial charge on any atom is 0.167 e. The molecule has 4 heteroatoms. The number of hydrogen-bond donors (Lipinski definition) is 2. The number of hydrogen-bond acceptors (Lipinski definition) is 2. The highest BCUT2D eigenvalue weighted by Gasteiger charge is 2.06. The highest BCUT2D eigenvalue weighted by Crippen LogP contribution is 2.17.